The molecule has 7 rings (SSSR count). The Morgan fingerprint density at radius 1 is 0.627 bits per heavy atom. The third-order valence-electron chi connectivity index (χ3n) is 10.0. The zero-order valence-electron chi connectivity index (χ0n) is 32.6. The van der Waals surface area contributed by atoms with Crippen LogP contribution in [0.2, 0.25) is 0 Å². The highest BCUT2D eigenvalue weighted by molar-refractivity contribution is 7.99. The van der Waals surface area contributed by atoms with Crippen molar-refractivity contribution >= 4 is 29.5 Å². The summed E-state index contributed by atoms with van der Waals surface area (Å²) in [6, 6.07) is 44.6. The van der Waals surface area contributed by atoms with Gasteiger partial charge in [0.1, 0.15) is 42.5 Å². The van der Waals surface area contributed by atoms with Crippen LogP contribution in [0.4, 0.5) is 0 Å². The second-order valence-electron chi connectivity index (χ2n) is 14.1. The minimum Gasteiger partial charge on any atom is -0.460 e. The number of rotatable bonds is 20. The van der Waals surface area contributed by atoms with E-state index in [0.717, 1.165) is 27.2 Å². The lowest BCUT2D eigenvalue weighted by molar-refractivity contribution is -0.254. The van der Waals surface area contributed by atoms with E-state index < -0.39 is 53.7 Å². The maximum Gasteiger partial charge on any atom is 0.330 e. The van der Waals surface area contributed by atoms with Crippen LogP contribution in [-0.4, -0.2) is 77.5 Å². The van der Waals surface area contributed by atoms with Gasteiger partial charge in [-0.25, -0.2) is 4.79 Å². The van der Waals surface area contributed by atoms with Crippen molar-refractivity contribution in [3.8, 4) is 0 Å². The van der Waals surface area contributed by atoms with Gasteiger partial charge in [0.25, 0.3) is 11.8 Å². The number of imide groups is 1. The normalized spacial score (nSPS) is 20.5. The first-order chi connectivity index (χ1) is 29.0. The van der Waals surface area contributed by atoms with Gasteiger partial charge in [0, 0.05) is 5.75 Å². The lowest BCUT2D eigenvalue weighted by Gasteiger charge is -2.46. The van der Waals surface area contributed by atoms with E-state index in [1.54, 1.807) is 24.3 Å². The zero-order valence-corrected chi connectivity index (χ0v) is 33.4. The van der Waals surface area contributed by atoms with Gasteiger partial charge in [0.15, 0.2) is 0 Å². The minimum atomic E-state index is -1.28. The molecule has 2 amide bonds. The smallest absolute Gasteiger partial charge is 0.330 e. The molecule has 0 bridgehead atoms. The average molecular weight is 814 g/mol. The Kier molecular flexibility index (Phi) is 14.9. The van der Waals surface area contributed by atoms with Crippen molar-refractivity contribution < 1.29 is 42.8 Å². The Morgan fingerprint density at radius 2 is 1.07 bits per heavy atom. The summed E-state index contributed by atoms with van der Waals surface area (Å²) in [6.07, 6.45) is -1.36. The predicted octanol–water partition coefficient (Wildman–Crippen LogP) is 7.81. The summed E-state index contributed by atoms with van der Waals surface area (Å²) in [4.78, 5) is 42.3. The molecule has 2 heterocycles. The molecule has 5 aromatic carbocycles. The molecular formula is C48H47NO9S. The Morgan fingerprint density at radius 3 is 1.56 bits per heavy atom. The topological polar surface area (TPSA) is 110 Å². The molecule has 0 N–H and O–H groups in total. The first kappa shape index (κ1) is 41.7. The van der Waals surface area contributed by atoms with Crippen molar-refractivity contribution in [1.82, 2.24) is 4.90 Å². The first-order valence-electron chi connectivity index (χ1n) is 19.6. The summed E-state index contributed by atoms with van der Waals surface area (Å²) in [5, 5.41) is 0. The summed E-state index contributed by atoms with van der Waals surface area (Å²) in [7, 11) is 0. The van der Waals surface area contributed by atoms with Crippen LogP contribution < -0.4 is 0 Å². The number of carbonyl (C=O) groups is 3. The number of thioether (sulfide) groups is 1. The molecule has 59 heavy (non-hydrogen) atoms. The summed E-state index contributed by atoms with van der Waals surface area (Å²) in [6.45, 7) is 4.80. The SMILES string of the molecule is C=CCOC(=O)[C@H](CS[C@H]1O[C@H](COCc2ccccc2)[C@@H](OCc2ccccc2)[C@H](OCc2ccccc2)[C@H]1OCc1ccccc1)N1C(=O)c2ccccc2C1=O. The van der Waals surface area contributed by atoms with Gasteiger partial charge in [0.05, 0.1) is 44.2 Å². The summed E-state index contributed by atoms with van der Waals surface area (Å²) in [5.74, 6) is -1.94. The maximum absolute atomic E-state index is 13.8. The first-order valence-corrected chi connectivity index (χ1v) is 20.6. The molecular weight excluding hydrogens is 767 g/mol. The fourth-order valence-electron chi connectivity index (χ4n) is 7.04. The van der Waals surface area contributed by atoms with E-state index in [4.69, 9.17) is 28.4 Å². The largest absolute Gasteiger partial charge is 0.460 e. The number of esters is 1. The Hall–Kier alpha value is -5.40. The van der Waals surface area contributed by atoms with Gasteiger partial charge >= 0.3 is 5.97 Å². The van der Waals surface area contributed by atoms with Gasteiger partial charge in [-0.3, -0.25) is 14.5 Å². The van der Waals surface area contributed by atoms with Crippen molar-refractivity contribution in [2.45, 2.75) is 62.3 Å². The third kappa shape index (κ3) is 10.8. The summed E-state index contributed by atoms with van der Waals surface area (Å²) in [5.41, 5.74) is 3.53. The number of amides is 2. The lowest BCUT2D eigenvalue weighted by atomic mass is 9.98. The van der Waals surface area contributed by atoms with Crippen LogP contribution in [0.1, 0.15) is 43.0 Å². The Bertz CT molecular complexity index is 2090. The summed E-state index contributed by atoms with van der Waals surface area (Å²) < 4.78 is 39.2. The molecule has 0 aliphatic carbocycles. The number of ether oxygens (including phenoxy) is 6. The molecule has 10 nitrogen and oxygen atoms in total. The fourth-order valence-corrected chi connectivity index (χ4v) is 8.34. The van der Waals surface area contributed by atoms with Crippen LogP contribution >= 0.6 is 11.8 Å². The highest BCUT2D eigenvalue weighted by atomic mass is 32.2. The standard InChI is InChI=1S/C48H47NO9S/c1-2-27-54-47(52)40(49-45(50)38-25-15-16-26-39(38)46(49)51)33-59-48-44(57-31-37-23-13-6-14-24-37)43(56-30-36-21-11-5-12-22-36)42(55-29-35-19-9-4-10-20-35)41(58-48)32-53-28-34-17-7-3-8-18-34/h2-26,40-44,48H,1,27-33H2/t40-,41+,42+,43-,44+,48+/m0/s1. The third-order valence-corrected chi connectivity index (χ3v) is 11.2. The molecule has 0 unspecified atom stereocenters. The van der Waals surface area contributed by atoms with Crippen molar-refractivity contribution in [3.05, 3.63) is 192 Å². The van der Waals surface area contributed by atoms with E-state index >= 15 is 0 Å². The van der Waals surface area contributed by atoms with Crippen molar-refractivity contribution in [1.29, 1.82) is 0 Å². The number of fused-ring (bicyclic) bond motifs is 1. The zero-order chi connectivity index (χ0) is 40.8. The highest BCUT2D eigenvalue weighted by Crippen LogP contribution is 2.37. The van der Waals surface area contributed by atoms with Crippen LogP contribution in [0, 0.1) is 0 Å². The summed E-state index contributed by atoms with van der Waals surface area (Å²) >= 11 is 1.24. The van der Waals surface area contributed by atoms with Gasteiger partial charge in [0.2, 0.25) is 0 Å². The monoisotopic (exact) mass is 813 g/mol. The van der Waals surface area contributed by atoms with Crippen molar-refractivity contribution in [3.63, 3.8) is 0 Å². The molecule has 5 aromatic rings. The predicted molar refractivity (Wildman–Crippen MR) is 224 cm³/mol. The van der Waals surface area contributed by atoms with E-state index in [2.05, 4.69) is 6.58 Å². The van der Waals surface area contributed by atoms with Crippen LogP contribution in [0.25, 0.3) is 0 Å². The number of benzene rings is 5. The molecule has 304 valence electrons. The average Bonchev–Trinajstić information content (AvgIpc) is 3.53. The van der Waals surface area contributed by atoms with Gasteiger partial charge < -0.3 is 28.4 Å². The number of carbonyl (C=O) groups excluding carboxylic acids is 3. The molecule has 0 radical (unpaired) electrons. The fraction of sp³-hybridized carbons (Fsp3) is 0.271. The van der Waals surface area contributed by atoms with Crippen LogP contribution in [0.5, 0.6) is 0 Å². The van der Waals surface area contributed by atoms with E-state index in [1.165, 1.54) is 17.8 Å². The molecule has 0 spiro atoms. The molecule has 6 atom stereocenters. The van der Waals surface area contributed by atoms with Gasteiger partial charge in [-0.15, -0.1) is 11.8 Å². The van der Waals surface area contributed by atoms with Gasteiger partial charge in [-0.05, 0) is 34.4 Å². The van der Waals surface area contributed by atoms with Gasteiger partial charge in [-0.1, -0.05) is 146 Å². The number of nitrogens with zero attached hydrogens (tertiary/aromatic N) is 1. The van der Waals surface area contributed by atoms with Crippen LogP contribution in [0.3, 0.4) is 0 Å². The minimum absolute atomic E-state index is 0.0597. The van der Waals surface area contributed by atoms with E-state index in [9.17, 15) is 14.4 Å². The number of hydrogen-bond donors (Lipinski definition) is 0. The van der Waals surface area contributed by atoms with E-state index in [1.807, 2.05) is 121 Å². The quantitative estimate of drug-likeness (QED) is 0.0439. The molecule has 1 saturated heterocycles. The maximum atomic E-state index is 13.8. The van der Waals surface area contributed by atoms with Crippen molar-refractivity contribution in [2.75, 3.05) is 19.0 Å². The van der Waals surface area contributed by atoms with E-state index in [0.29, 0.717) is 6.61 Å². The molecule has 1 fully saturated rings. The lowest BCUT2D eigenvalue weighted by Crippen LogP contribution is -2.60. The number of hydrogen-bond acceptors (Lipinski definition) is 10. The second-order valence-corrected chi connectivity index (χ2v) is 15.3. The second kappa shape index (κ2) is 21.0. The molecule has 0 saturated carbocycles. The van der Waals surface area contributed by atoms with Crippen LogP contribution in [-0.2, 0) is 59.6 Å². The van der Waals surface area contributed by atoms with E-state index in [-0.39, 0.29) is 49.9 Å². The van der Waals surface area contributed by atoms with Gasteiger partial charge in [-0.2, -0.15) is 0 Å². The van der Waals surface area contributed by atoms with Crippen LogP contribution in [0.15, 0.2) is 158 Å². The Labute approximate surface area is 349 Å². The molecule has 2 aliphatic heterocycles. The molecule has 11 heteroatoms. The molecule has 0 aromatic heterocycles. The molecule has 2 aliphatic rings. The van der Waals surface area contributed by atoms with Crippen molar-refractivity contribution in [2.24, 2.45) is 0 Å². The highest BCUT2D eigenvalue weighted by Gasteiger charge is 2.50. The Balaban J connectivity index is 1.22.